The van der Waals surface area contributed by atoms with Crippen LogP contribution in [-0.4, -0.2) is 30.5 Å². The fourth-order valence-corrected chi connectivity index (χ4v) is 1.99. The van der Waals surface area contributed by atoms with Crippen molar-refractivity contribution >= 4 is 0 Å². The summed E-state index contributed by atoms with van der Waals surface area (Å²) in [6.07, 6.45) is 0.875. The molecule has 0 aromatic carbocycles. The monoisotopic (exact) mass is 191 g/mol. The molecule has 0 bridgehead atoms. The minimum atomic E-state index is -2.47. The molecular formula is C10H19F2N. The van der Waals surface area contributed by atoms with E-state index in [4.69, 9.17) is 0 Å². The molecule has 0 unspecified atom stereocenters. The maximum absolute atomic E-state index is 13.0. The molecule has 3 heteroatoms. The van der Waals surface area contributed by atoms with E-state index in [-0.39, 0.29) is 24.4 Å². The minimum Gasteiger partial charge on any atom is -0.297 e. The summed E-state index contributed by atoms with van der Waals surface area (Å²) in [6.45, 7) is 6.21. The number of rotatable bonds is 1. The average molecular weight is 191 g/mol. The molecule has 0 aliphatic carbocycles. The standard InChI is InChI=1S/C10H19F2N/c1-9(2,3)5-8-6-10(11,12)7-13(8)4/h8H,5-7H2,1-4H3/t8-/m1/s1. The van der Waals surface area contributed by atoms with Crippen LogP contribution in [0.4, 0.5) is 8.78 Å². The lowest BCUT2D eigenvalue weighted by atomic mass is 9.87. The molecule has 0 aromatic rings. The van der Waals surface area contributed by atoms with Crippen molar-refractivity contribution in [2.75, 3.05) is 13.6 Å². The molecule has 0 radical (unpaired) electrons. The highest BCUT2D eigenvalue weighted by Gasteiger charge is 2.43. The second-order valence-electron chi connectivity index (χ2n) is 5.39. The molecule has 0 saturated carbocycles. The van der Waals surface area contributed by atoms with Gasteiger partial charge in [-0.15, -0.1) is 0 Å². The second-order valence-corrected chi connectivity index (χ2v) is 5.39. The number of nitrogens with zero attached hydrogens (tertiary/aromatic N) is 1. The zero-order chi connectivity index (χ0) is 10.3. The van der Waals surface area contributed by atoms with Crippen LogP contribution in [0.2, 0.25) is 0 Å². The van der Waals surface area contributed by atoms with E-state index in [1.54, 1.807) is 11.9 Å². The number of hydrogen-bond acceptors (Lipinski definition) is 1. The van der Waals surface area contributed by atoms with Crippen LogP contribution in [0.15, 0.2) is 0 Å². The fraction of sp³-hybridized carbons (Fsp3) is 1.00. The van der Waals surface area contributed by atoms with Gasteiger partial charge in [0.1, 0.15) is 0 Å². The first-order valence-electron chi connectivity index (χ1n) is 4.78. The summed E-state index contributed by atoms with van der Waals surface area (Å²) in [5.74, 6) is -2.47. The van der Waals surface area contributed by atoms with Gasteiger partial charge in [0.2, 0.25) is 0 Å². The predicted octanol–water partition coefficient (Wildman–Crippen LogP) is 2.76. The van der Waals surface area contributed by atoms with Crippen LogP contribution in [0, 0.1) is 5.41 Å². The molecule has 0 N–H and O–H groups in total. The molecule has 1 rings (SSSR count). The summed E-state index contributed by atoms with van der Waals surface area (Å²) in [5.41, 5.74) is 0.138. The van der Waals surface area contributed by atoms with Gasteiger partial charge >= 0.3 is 0 Å². The molecule has 1 nitrogen and oxygen atoms in total. The molecule has 0 aromatic heterocycles. The van der Waals surface area contributed by atoms with E-state index in [1.165, 1.54) is 0 Å². The molecule has 1 saturated heterocycles. The fourth-order valence-electron chi connectivity index (χ4n) is 1.99. The first kappa shape index (κ1) is 10.9. The normalized spacial score (nSPS) is 29.5. The van der Waals surface area contributed by atoms with E-state index in [1.807, 2.05) is 0 Å². The van der Waals surface area contributed by atoms with Gasteiger partial charge in [-0.05, 0) is 18.9 Å². The summed E-state index contributed by atoms with van der Waals surface area (Å²) < 4.78 is 26.0. The van der Waals surface area contributed by atoms with Crippen molar-refractivity contribution in [3.8, 4) is 0 Å². The lowest BCUT2D eigenvalue weighted by Crippen LogP contribution is -2.29. The first-order chi connectivity index (χ1) is 5.70. The van der Waals surface area contributed by atoms with Gasteiger partial charge in [0.25, 0.3) is 5.92 Å². The molecule has 0 amide bonds. The van der Waals surface area contributed by atoms with Crippen molar-refractivity contribution in [3.05, 3.63) is 0 Å². The minimum absolute atomic E-state index is 0.0285. The van der Waals surface area contributed by atoms with E-state index in [0.29, 0.717) is 0 Å². The van der Waals surface area contributed by atoms with Crippen molar-refractivity contribution in [1.29, 1.82) is 0 Å². The Morgan fingerprint density at radius 3 is 2.23 bits per heavy atom. The Hall–Kier alpha value is -0.180. The van der Waals surface area contributed by atoms with Crippen LogP contribution in [0.1, 0.15) is 33.6 Å². The quantitative estimate of drug-likeness (QED) is 0.616. The SMILES string of the molecule is CN1CC(F)(F)C[C@H]1CC(C)(C)C. The molecule has 78 valence electrons. The summed E-state index contributed by atoms with van der Waals surface area (Å²) in [5, 5.41) is 0. The molecule has 1 aliphatic rings. The van der Waals surface area contributed by atoms with Gasteiger partial charge in [0.15, 0.2) is 0 Å². The molecular weight excluding hydrogens is 172 g/mol. The van der Waals surface area contributed by atoms with Crippen LogP contribution in [-0.2, 0) is 0 Å². The molecule has 13 heavy (non-hydrogen) atoms. The highest BCUT2D eigenvalue weighted by atomic mass is 19.3. The van der Waals surface area contributed by atoms with Crippen molar-refractivity contribution in [2.45, 2.75) is 45.6 Å². The lowest BCUT2D eigenvalue weighted by Gasteiger charge is -2.26. The number of alkyl halides is 2. The van der Waals surface area contributed by atoms with Crippen molar-refractivity contribution in [2.24, 2.45) is 5.41 Å². The Labute approximate surface area is 79.1 Å². The molecule has 0 spiro atoms. The third-order valence-electron chi connectivity index (χ3n) is 2.49. The van der Waals surface area contributed by atoms with E-state index in [2.05, 4.69) is 20.8 Å². The third-order valence-corrected chi connectivity index (χ3v) is 2.49. The van der Waals surface area contributed by atoms with Gasteiger partial charge in [-0.1, -0.05) is 20.8 Å². The average Bonchev–Trinajstić information content (AvgIpc) is 2.00. The largest absolute Gasteiger partial charge is 0.297 e. The summed E-state index contributed by atoms with van der Waals surface area (Å²) in [4.78, 5) is 1.78. The van der Waals surface area contributed by atoms with E-state index < -0.39 is 5.92 Å². The molecule has 1 atom stereocenters. The maximum Gasteiger partial charge on any atom is 0.262 e. The summed E-state index contributed by atoms with van der Waals surface area (Å²) in [7, 11) is 1.79. The topological polar surface area (TPSA) is 3.24 Å². The highest BCUT2D eigenvalue weighted by molar-refractivity contribution is 4.90. The van der Waals surface area contributed by atoms with Crippen molar-refractivity contribution < 1.29 is 8.78 Å². The summed E-state index contributed by atoms with van der Waals surface area (Å²) >= 11 is 0. The van der Waals surface area contributed by atoms with Gasteiger partial charge in [-0.2, -0.15) is 0 Å². The predicted molar refractivity (Wildman–Crippen MR) is 50.1 cm³/mol. The number of halogens is 2. The number of hydrogen-bond donors (Lipinski definition) is 0. The molecule has 1 heterocycles. The molecule has 1 fully saturated rings. The van der Waals surface area contributed by atoms with Crippen molar-refractivity contribution in [3.63, 3.8) is 0 Å². The van der Waals surface area contributed by atoms with Crippen molar-refractivity contribution in [1.82, 2.24) is 4.90 Å². The second kappa shape index (κ2) is 3.19. The van der Waals surface area contributed by atoms with Crippen LogP contribution in [0.3, 0.4) is 0 Å². The smallest absolute Gasteiger partial charge is 0.262 e. The molecule has 1 aliphatic heterocycles. The van der Waals surface area contributed by atoms with Gasteiger partial charge in [-0.25, -0.2) is 8.78 Å². The van der Waals surface area contributed by atoms with Crippen LogP contribution >= 0.6 is 0 Å². The lowest BCUT2D eigenvalue weighted by molar-refractivity contribution is 0.0138. The summed E-state index contributed by atoms with van der Waals surface area (Å²) in [6, 6.07) is 0.0509. The Morgan fingerprint density at radius 2 is 1.92 bits per heavy atom. The maximum atomic E-state index is 13.0. The van der Waals surface area contributed by atoms with Crippen LogP contribution in [0.25, 0.3) is 0 Å². The van der Waals surface area contributed by atoms with E-state index in [0.717, 1.165) is 6.42 Å². The first-order valence-corrected chi connectivity index (χ1v) is 4.78. The Balaban J connectivity index is 2.54. The zero-order valence-electron chi connectivity index (χ0n) is 8.90. The third kappa shape index (κ3) is 3.22. The Bertz CT molecular complexity index is 184. The van der Waals surface area contributed by atoms with Crippen LogP contribution in [0.5, 0.6) is 0 Å². The Kier molecular flexibility index (Phi) is 2.68. The Morgan fingerprint density at radius 1 is 1.38 bits per heavy atom. The van der Waals surface area contributed by atoms with Gasteiger partial charge in [-0.3, -0.25) is 4.90 Å². The van der Waals surface area contributed by atoms with E-state index >= 15 is 0 Å². The van der Waals surface area contributed by atoms with Gasteiger partial charge in [0.05, 0.1) is 6.54 Å². The van der Waals surface area contributed by atoms with Crippen LogP contribution < -0.4 is 0 Å². The number of likely N-dealkylation sites (tertiary alicyclic amines) is 1. The van der Waals surface area contributed by atoms with Gasteiger partial charge < -0.3 is 0 Å². The van der Waals surface area contributed by atoms with E-state index in [9.17, 15) is 8.78 Å². The van der Waals surface area contributed by atoms with Gasteiger partial charge in [0, 0.05) is 12.5 Å². The zero-order valence-corrected chi connectivity index (χ0v) is 8.90. The highest BCUT2D eigenvalue weighted by Crippen LogP contribution is 2.36.